The van der Waals surface area contributed by atoms with E-state index in [0.29, 0.717) is 17.6 Å². The predicted molar refractivity (Wildman–Crippen MR) is 113 cm³/mol. The number of benzene rings is 2. The Hall–Kier alpha value is -3.19. The Morgan fingerprint density at radius 2 is 2.06 bits per heavy atom. The molecule has 0 unspecified atom stereocenters. The number of carbonyl (C=O) groups excluding carboxylic acids is 1. The summed E-state index contributed by atoms with van der Waals surface area (Å²) in [4.78, 5) is 20.7. The summed E-state index contributed by atoms with van der Waals surface area (Å²) < 4.78 is 38.2. The van der Waals surface area contributed by atoms with Gasteiger partial charge in [-0.3, -0.25) is 9.79 Å². The molecule has 1 aromatic heterocycles. The highest BCUT2D eigenvalue weighted by atomic mass is 35.5. The van der Waals surface area contributed by atoms with Crippen LogP contribution in [0.15, 0.2) is 47.6 Å². The number of aromatic amines is 1. The van der Waals surface area contributed by atoms with Gasteiger partial charge in [-0.1, -0.05) is 29.8 Å². The second-order valence-corrected chi connectivity index (χ2v) is 7.30. The Labute approximate surface area is 182 Å². The third-order valence-corrected chi connectivity index (χ3v) is 5.07. The predicted octanol–water partition coefficient (Wildman–Crippen LogP) is 3.77. The minimum Gasteiger partial charge on any atom is -0.486 e. The number of halogens is 3. The number of carbonyl (C=O) groups is 1. The third-order valence-electron chi connectivity index (χ3n) is 4.84. The van der Waals surface area contributed by atoms with Gasteiger partial charge in [-0.25, -0.2) is 8.78 Å². The molecule has 0 fully saturated rings. The van der Waals surface area contributed by atoms with Crippen LogP contribution in [0.4, 0.5) is 8.78 Å². The number of para-hydroxylation sites is 1. The fourth-order valence-electron chi connectivity index (χ4n) is 3.37. The molecule has 3 aromatic rings. The summed E-state index contributed by atoms with van der Waals surface area (Å²) in [5, 5.41) is 1.02. The minimum absolute atomic E-state index is 0.112. The molecule has 2 heterocycles. The second kappa shape index (κ2) is 9.31. The third kappa shape index (κ3) is 4.46. The summed E-state index contributed by atoms with van der Waals surface area (Å²) in [7, 11) is 0. The van der Waals surface area contributed by atoms with Gasteiger partial charge in [0.2, 0.25) is 0 Å². The number of H-pyrrole nitrogens is 1. The molecule has 1 aliphatic rings. The van der Waals surface area contributed by atoms with Crippen molar-refractivity contribution in [1.29, 1.82) is 0 Å². The molecule has 31 heavy (non-hydrogen) atoms. The number of fused-ring (bicyclic) bond motifs is 1. The first-order valence-electron chi connectivity index (χ1n) is 9.73. The number of hydrogen-bond donors (Lipinski definition) is 1. The van der Waals surface area contributed by atoms with Crippen LogP contribution in [0.1, 0.15) is 27.9 Å². The number of rotatable bonds is 8. The zero-order valence-corrected chi connectivity index (χ0v) is 17.2. The fourth-order valence-corrected chi connectivity index (χ4v) is 3.53. The molecule has 0 bridgehead atoms. The van der Waals surface area contributed by atoms with Gasteiger partial charge in [0, 0.05) is 34.1 Å². The van der Waals surface area contributed by atoms with Crippen LogP contribution in [0.5, 0.6) is 11.5 Å². The van der Waals surface area contributed by atoms with Crippen molar-refractivity contribution in [2.75, 3.05) is 19.8 Å². The van der Waals surface area contributed by atoms with Gasteiger partial charge in [-0.05, 0) is 30.7 Å². The first kappa shape index (κ1) is 21.1. The Balaban J connectivity index is 1.68. The molecule has 8 heteroatoms. The largest absolute Gasteiger partial charge is 0.486 e. The standard InChI is InChI=1S/C23H19ClF2N2O3/c24-15-7-6-14(19(26)11-15)13-31-20-5-1-3-17(22(20)30-10-8-25)21(29)18-12-28-23-16(18)4-2-9-27-23/h1,3-7,11-12H,2,8-10,13H2,(H,27,28). The summed E-state index contributed by atoms with van der Waals surface area (Å²) in [6, 6.07) is 9.07. The summed E-state index contributed by atoms with van der Waals surface area (Å²) in [6.45, 7) is -0.432. The van der Waals surface area contributed by atoms with E-state index in [1.807, 2.05) is 6.08 Å². The van der Waals surface area contributed by atoms with E-state index in [2.05, 4.69) is 9.98 Å². The van der Waals surface area contributed by atoms with Crippen LogP contribution in [0.2, 0.25) is 5.02 Å². The monoisotopic (exact) mass is 444 g/mol. The zero-order valence-electron chi connectivity index (χ0n) is 16.5. The van der Waals surface area contributed by atoms with Crippen LogP contribution in [-0.4, -0.2) is 30.6 Å². The summed E-state index contributed by atoms with van der Waals surface area (Å²) in [6.07, 6.45) is 4.30. The Bertz CT molecular complexity index is 1240. The molecular formula is C23H19ClF2N2O3. The van der Waals surface area contributed by atoms with Crippen molar-refractivity contribution >= 4 is 23.5 Å². The van der Waals surface area contributed by atoms with E-state index in [-0.39, 0.29) is 46.6 Å². The highest BCUT2D eigenvalue weighted by Crippen LogP contribution is 2.33. The number of ether oxygens (including phenoxy) is 2. The van der Waals surface area contributed by atoms with Crippen molar-refractivity contribution < 1.29 is 23.0 Å². The molecule has 0 amide bonds. The van der Waals surface area contributed by atoms with Crippen molar-refractivity contribution in [3.63, 3.8) is 0 Å². The Morgan fingerprint density at radius 1 is 1.19 bits per heavy atom. The lowest BCUT2D eigenvalue weighted by molar-refractivity contribution is 0.103. The van der Waals surface area contributed by atoms with Gasteiger partial charge in [-0.15, -0.1) is 0 Å². The van der Waals surface area contributed by atoms with E-state index >= 15 is 0 Å². The molecule has 0 saturated carbocycles. The Kier molecular flexibility index (Phi) is 6.32. The van der Waals surface area contributed by atoms with Crippen molar-refractivity contribution in [1.82, 2.24) is 4.98 Å². The van der Waals surface area contributed by atoms with Crippen LogP contribution in [0.25, 0.3) is 6.08 Å². The van der Waals surface area contributed by atoms with Crippen LogP contribution in [0, 0.1) is 5.82 Å². The smallest absolute Gasteiger partial charge is 0.199 e. The van der Waals surface area contributed by atoms with Crippen molar-refractivity contribution in [2.45, 2.75) is 13.0 Å². The van der Waals surface area contributed by atoms with Gasteiger partial charge in [-0.2, -0.15) is 0 Å². The molecule has 4 rings (SSSR count). The first-order chi connectivity index (χ1) is 15.1. The average molecular weight is 445 g/mol. The second-order valence-electron chi connectivity index (χ2n) is 6.86. The highest BCUT2D eigenvalue weighted by molar-refractivity contribution is 6.30. The maximum absolute atomic E-state index is 14.1. The van der Waals surface area contributed by atoms with E-state index in [4.69, 9.17) is 21.1 Å². The quantitative estimate of drug-likeness (QED) is 0.538. The molecule has 2 aromatic carbocycles. The number of ketones is 1. The molecule has 160 valence electrons. The lowest BCUT2D eigenvalue weighted by atomic mass is 10.0. The minimum atomic E-state index is -0.736. The normalized spacial score (nSPS) is 12.5. The molecule has 1 aliphatic heterocycles. The molecule has 0 radical (unpaired) electrons. The number of nitrogens with zero attached hydrogens (tertiary/aromatic N) is 1. The highest BCUT2D eigenvalue weighted by Gasteiger charge is 2.22. The summed E-state index contributed by atoms with van der Waals surface area (Å²) >= 11 is 5.79. The van der Waals surface area contributed by atoms with E-state index in [1.165, 1.54) is 12.1 Å². The molecule has 0 saturated heterocycles. The lowest BCUT2D eigenvalue weighted by Gasteiger charge is -2.15. The molecule has 1 N–H and O–H groups in total. The maximum atomic E-state index is 14.1. The number of nitrogens with one attached hydrogen (secondary N) is 1. The average Bonchev–Trinajstić information content (AvgIpc) is 3.21. The topological polar surface area (TPSA) is 63.7 Å². The van der Waals surface area contributed by atoms with Crippen molar-refractivity contribution in [3.05, 3.63) is 80.8 Å². The Morgan fingerprint density at radius 3 is 2.87 bits per heavy atom. The van der Waals surface area contributed by atoms with Crippen LogP contribution in [-0.2, 0) is 6.61 Å². The summed E-state index contributed by atoms with van der Waals surface area (Å²) in [5.41, 5.74) is 1.62. The fraction of sp³-hybridized carbons (Fsp3) is 0.217. The van der Waals surface area contributed by atoms with E-state index in [1.54, 1.807) is 30.5 Å². The molecule has 5 nitrogen and oxygen atoms in total. The lowest BCUT2D eigenvalue weighted by Crippen LogP contribution is -2.30. The van der Waals surface area contributed by atoms with Crippen molar-refractivity contribution in [3.8, 4) is 11.5 Å². The van der Waals surface area contributed by atoms with E-state index in [9.17, 15) is 13.6 Å². The molecular weight excluding hydrogens is 426 g/mol. The van der Waals surface area contributed by atoms with Gasteiger partial charge in [0.15, 0.2) is 17.3 Å². The molecule has 0 aliphatic carbocycles. The van der Waals surface area contributed by atoms with E-state index < -0.39 is 12.5 Å². The number of hydrogen-bond acceptors (Lipinski definition) is 4. The molecule has 0 spiro atoms. The van der Waals surface area contributed by atoms with Crippen LogP contribution in [0.3, 0.4) is 0 Å². The van der Waals surface area contributed by atoms with Gasteiger partial charge >= 0.3 is 0 Å². The summed E-state index contributed by atoms with van der Waals surface area (Å²) in [5.74, 6) is -0.485. The first-order valence-corrected chi connectivity index (χ1v) is 10.1. The molecule has 0 atom stereocenters. The van der Waals surface area contributed by atoms with Gasteiger partial charge in [0.1, 0.15) is 31.2 Å². The SMILES string of the molecule is O=C(c1cccc(OCc2ccc(Cl)cc2F)c1OCCF)c1c[nH]c2c1=CCCN=2. The van der Waals surface area contributed by atoms with Crippen molar-refractivity contribution in [2.24, 2.45) is 4.99 Å². The zero-order chi connectivity index (χ0) is 21.8. The maximum Gasteiger partial charge on any atom is 0.199 e. The van der Waals surface area contributed by atoms with E-state index in [0.717, 1.165) is 11.6 Å². The van der Waals surface area contributed by atoms with Gasteiger partial charge < -0.3 is 14.5 Å². The van der Waals surface area contributed by atoms with Gasteiger partial charge in [0.05, 0.1) is 5.56 Å². The number of aromatic nitrogens is 1. The number of alkyl halides is 1. The van der Waals surface area contributed by atoms with Crippen LogP contribution >= 0.6 is 11.6 Å². The van der Waals surface area contributed by atoms with Gasteiger partial charge in [0.25, 0.3) is 0 Å². The van der Waals surface area contributed by atoms with Crippen LogP contribution < -0.4 is 20.2 Å².